The van der Waals surface area contributed by atoms with Gasteiger partial charge in [-0.3, -0.25) is 0 Å². The van der Waals surface area contributed by atoms with Crippen molar-refractivity contribution in [3.05, 3.63) is 102 Å². The third kappa shape index (κ3) is 9.48. The van der Waals surface area contributed by atoms with Crippen LogP contribution >= 0.6 is 0 Å². The van der Waals surface area contributed by atoms with Crippen LogP contribution in [-0.4, -0.2) is 41.1 Å². The number of benzene rings is 2. The number of rotatable bonds is 7. The van der Waals surface area contributed by atoms with Gasteiger partial charge in [0.2, 0.25) is 0 Å². The van der Waals surface area contributed by atoms with Crippen LogP contribution in [0.15, 0.2) is 111 Å². The molecule has 0 saturated heterocycles. The Morgan fingerprint density at radius 3 is 1.90 bits per heavy atom. The number of carbonyl (C=O) groups excluding carboxylic acids is 1. The first-order valence-corrected chi connectivity index (χ1v) is 15.0. The van der Waals surface area contributed by atoms with Gasteiger partial charge in [0.1, 0.15) is 32.4 Å². The lowest BCUT2D eigenvalue weighted by Gasteiger charge is -2.19. The van der Waals surface area contributed by atoms with Gasteiger partial charge in [-0.1, -0.05) is 29.8 Å². The quantitative estimate of drug-likeness (QED) is 0.160. The zero-order valence-electron chi connectivity index (χ0n) is 23.0. The number of aryl methyl sites for hydroxylation is 2. The van der Waals surface area contributed by atoms with Crippen molar-refractivity contribution in [2.75, 3.05) is 6.61 Å². The van der Waals surface area contributed by atoms with E-state index in [2.05, 4.69) is 9.97 Å². The van der Waals surface area contributed by atoms with E-state index in [0.29, 0.717) is 11.3 Å². The van der Waals surface area contributed by atoms with Crippen molar-refractivity contribution in [2.24, 2.45) is 0 Å². The fraction of sp³-hybridized carbons (Fsp3) is 0.233. The predicted molar refractivity (Wildman–Crippen MR) is 152 cm³/mol. The van der Waals surface area contributed by atoms with Crippen molar-refractivity contribution in [1.29, 1.82) is 0 Å². The molecule has 0 bridgehead atoms. The maximum absolute atomic E-state index is 11.8. The second-order valence-electron chi connectivity index (χ2n) is 9.71. The molecule has 2 aromatic carbocycles. The molecule has 0 spiro atoms. The monoisotopic (exact) mass is 580 g/mol. The van der Waals surface area contributed by atoms with Crippen LogP contribution < -0.4 is 4.74 Å². The fourth-order valence-electron chi connectivity index (χ4n) is 3.55. The molecule has 0 aliphatic heterocycles. The van der Waals surface area contributed by atoms with Gasteiger partial charge in [-0.05, 0) is 82.6 Å². The Bertz CT molecular complexity index is 1470. The van der Waals surface area contributed by atoms with Crippen molar-refractivity contribution in [3.63, 3.8) is 0 Å². The molecule has 0 amide bonds. The van der Waals surface area contributed by atoms with Gasteiger partial charge < -0.3 is 14.0 Å². The summed E-state index contributed by atoms with van der Waals surface area (Å²) in [4.78, 5) is 21.8. The molecule has 2 heterocycles. The molecule has 0 fully saturated rings. The topological polar surface area (TPSA) is 119 Å². The van der Waals surface area contributed by atoms with E-state index in [1.165, 1.54) is 6.07 Å². The molecule has 40 heavy (non-hydrogen) atoms. The number of aromatic nitrogens is 2. The van der Waals surface area contributed by atoms with Crippen LogP contribution in [0.2, 0.25) is 0 Å². The molecule has 0 aliphatic rings. The van der Waals surface area contributed by atoms with Gasteiger partial charge in [0, 0.05) is 24.5 Å². The average Bonchev–Trinajstić information content (AvgIpc) is 2.88. The molecule has 0 radical (unpaired) electrons. The Labute approximate surface area is 238 Å². The van der Waals surface area contributed by atoms with Gasteiger partial charge in [0.05, 0.1) is 4.90 Å². The highest BCUT2D eigenvalue weighted by atomic mass is 32.2. The second kappa shape index (κ2) is 13.6. The largest absolute Gasteiger partial charge is 0.744 e. The molecule has 0 unspecified atom stereocenters. The van der Waals surface area contributed by atoms with Gasteiger partial charge in [0.25, 0.3) is 10.1 Å². The SMILES string of the molecule is CC(C)(C)OC(=O)COc1ccc([S+](c2ccccn2)c2ccccn2)cc1.Cc1ccc(S(=O)(=O)[O-])c(C)c1. The summed E-state index contributed by atoms with van der Waals surface area (Å²) in [5.41, 5.74) is 0.925. The fourth-order valence-corrected chi connectivity index (χ4v) is 6.10. The van der Waals surface area contributed by atoms with Gasteiger partial charge >= 0.3 is 5.97 Å². The van der Waals surface area contributed by atoms with Crippen LogP contribution in [0, 0.1) is 13.8 Å². The first-order chi connectivity index (χ1) is 18.8. The second-order valence-corrected chi connectivity index (χ2v) is 13.0. The molecule has 8 nitrogen and oxygen atoms in total. The highest BCUT2D eigenvalue weighted by Gasteiger charge is 2.31. The molecule has 10 heteroatoms. The molecular weight excluding hydrogens is 548 g/mol. The highest BCUT2D eigenvalue weighted by Crippen LogP contribution is 2.29. The van der Waals surface area contributed by atoms with E-state index in [9.17, 15) is 17.8 Å². The first kappa shape index (κ1) is 30.8. The van der Waals surface area contributed by atoms with Crippen LogP contribution in [0.1, 0.15) is 31.9 Å². The molecule has 0 saturated carbocycles. The van der Waals surface area contributed by atoms with Crippen molar-refractivity contribution >= 4 is 27.0 Å². The lowest BCUT2D eigenvalue weighted by molar-refractivity contribution is -0.157. The van der Waals surface area contributed by atoms with Gasteiger partial charge in [-0.25, -0.2) is 23.2 Å². The smallest absolute Gasteiger partial charge is 0.344 e. The summed E-state index contributed by atoms with van der Waals surface area (Å²) in [5.74, 6) is 0.221. The van der Waals surface area contributed by atoms with E-state index in [1.807, 2.05) is 88.4 Å². The Balaban J connectivity index is 0.000000307. The third-order valence-electron chi connectivity index (χ3n) is 5.13. The molecule has 0 N–H and O–H groups in total. The lowest BCUT2D eigenvalue weighted by Crippen LogP contribution is -2.27. The van der Waals surface area contributed by atoms with Crippen molar-refractivity contribution in [1.82, 2.24) is 9.97 Å². The summed E-state index contributed by atoms with van der Waals surface area (Å²) >= 11 is 0. The summed E-state index contributed by atoms with van der Waals surface area (Å²) in [5, 5.41) is 1.90. The van der Waals surface area contributed by atoms with Gasteiger partial charge in [-0.2, -0.15) is 0 Å². The summed E-state index contributed by atoms with van der Waals surface area (Å²) in [6.45, 7) is 8.82. The molecule has 0 aliphatic carbocycles. The van der Waals surface area contributed by atoms with Crippen LogP contribution in [0.5, 0.6) is 5.75 Å². The van der Waals surface area contributed by atoms with Crippen molar-refractivity contribution < 1.29 is 27.2 Å². The number of nitrogens with zero attached hydrogens (tertiary/aromatic N) is 2. The standard InChI is InChI=1S/C22H23N2O3S.C8H10O3S/c1-22(2,3)27-21(25)16-26-17-10-12-18(13-11-17)28(19-8-4-6-14-23-19)20-9-5-7-15-24-20;1-6-3-4-8(7(2)5-6)12(9,10)11/h4-15H,16H2,1-3H3;3-5H,1-2H3,(H,9,10,11)/q+1;/p-1. The van der Waals surface area contributed by atoms with Crippen LogP contribution in [0.4, 0.5) is 0 Å². The maximum atomic E-state index is 11.8. The minimum atomic E-state index is -4.30. The molecule has 4 rings (SSSR count). The number of hydrogen-bond donors (Lipinski definition) is 0. The zero-order valence-corrected chi connectivity index (χ0v) is 24.7. The summed E-state index contributed by atoms with van der Waals surface area (Å²) in [6, 6.07) is 24.1. The van der Waals surface area contributed by atoms with E-state index < -0.39 is 32.6 Å². The van der Waals surface area contributed by atoms with Crippen LogP contribution in [-0.2, 0) is 30.5 Å². The summed E-state index contributed by atoms with van der Waals surface area (Å²) in [7, 11) is -4.72. The number of esters is 1. The molecule has 210 valence electrons. The third-order valence-corrected chi connectivity index (χ3v) is 8.19. The van der Waals surface area contributed by atoms with E-state index in [4.69, 9.17) is 9.47 Å². The van der Waals surface area contributed by atoms with Crippen LogP contribution in [0.3, 0.4) is 0 Å². The number of ether oxygens (including phenoxy) is 2. The Morgan fingerprint density at radius 2 is 1.45 bits per heavy atom. The first-order valence-electron chi connectivity index (χ1n) is 12.4. The highest BCUT2D eigenvalue weighted by molar-refractivity contribution is 7.96. The van der Waals surface area contributed by atoms with Gasteiger partial charge in [0.15, 0.2) is 11.5 Å². The minimum absolute atomic E-state index is 0.122. The van der Waals surface area contributed by atoms with E-state index in [0.717, 1.165) is 20.5 Å². The lowest BCUT2D eigenvalue weighted by atomic mass is 10.2. The summed E-state index contributed by atoms with van der Waals surface area (Å²) in [6.07, 6.45) is 3.58. The Morgan fingerprint density at radius 1 is 0.875 bits per heavy atom. The van der Waals surface area contributed by atoms with E-state index in [-0.39, 0.29) is 11.5 Å². The minimum Gasteiger partial charge on any atom is -0.744 e. The average molecular weight is 581 g/mol. The molecule has 4 aromatic rings. The van der Waals surface area contributed by atoms with Crippen molar-refractivity contribution in [3.8, 4) is 5.75 Å². The van der Waals surface area contributed by atoms with Crippen LogP contribution in [0.25, 0.3) is 0 Å². The Kier molecular flexibility index (Phi) is 10.4. The van der Waals surface area contributed by atoms with E-state index in [1.54, 1.807) is 31.5 Å². The molecule has 2 aromatic heterocycles. The zero-order chi connectivity index (χ0) is 29.3. The Hall–Kier alpha value is -3.73. The normalized spacial score (nSPS) is 11.4. The molecular formula is C30H32N2O6S2. The number of pyridine rings is 2. The van der Waals surface area contributed by atoms with Gasteiger partial charge in [-0.15, -0.1) is 0 Å². The predicted octanol–water partition coefficient (Wildman–Crippen LogP) is 5.50. The van der Waals surface area contributed by atoms with E-state index >= 15 is 0 Å². The van der Waals surface area contributed by atoms with Crippen molar-refractivity contribution in [2.45, 2.75) is 60.1 Å². The number of hydrogen-bond acceptors (Lipinski definition) is 8. The molecule has 0 atom stereocenters. The number of carbonyl (C=O) groups is 1. The maximum Gasteiger partial charge on any atom is 0.344 e. The summed E-state index contributed by atoms with van der Waals surface area (Å²) < 4.78 is 42.6.